The molecular weight excluding hydrogens is 453 g/mol. The first-order valence-electron chi connectivity index (χ1n) is 9.95. The molecule has 0 heterocycles. The van der Waals surface area contributed by atoms with Crippen LogP contribution in [0.15, 0.2) is 78.9 Å². The van der Waals surface area contributed by atoms with Gasteiger partial charge in [0.15, 0.2) is 6.61 Å². The maximum absolute atomic E-state index is 12.5. The zero-order chi connectivity index (χ0) is 24.6. The molecule has 34 heavy (non-hydrogen) atoms. The van der Waals surface area contributed by atoms with Crippen molar-refractivity contribution in [1.29, 1.82) is 0 Å². The Hall–Kier alpha value is -4.34. The number of carbonyl (C=O) groups is 3. The minimum atomic E-state index is -4.82. The third-order valence-electron chi connectivity index (χ3n) is 4.33. The Morgan fingerprint density at radius 2 is 1.41 bits per heavy atom. The number of carbonyl (C=O) groups excluding carboxylic acids is 3. The molecule has 10 heteroatoms. The molecule has 176 valence electrons. The molecular formula is C24H19F3N2O5. The third-order valence-corrected chi connectivity index (χ3v) is 4.33. The number of alkyl halides is 3. The largest absolute Gasteiger partial charge is 0.573 e. The van der Waals surface area contributed by atoms with Crippen LogP contribution in [0.25, 0.3) is 0 Å². The van der Waals surface area contributed by atoms with Gasteiger partial charge in [0.1, 0.15) is 5.75 Å². The molecule has 0 unspecified atom stereocenters. The summed E-state index contributed by atoms with van der Waals surface area (Å²) in [5.74, 6) is -2.31. The molecule has 0 aliphatic heterocycles. The van der Waals surface area contributed by atoms with Gasteiger partial charge in [-0.3, -0.25) is 9.59 Å². The lowest BCUT2D eigenvalue weighted by Crippen LogP contribution is -2.22. The van der Waals surface area contributed by atoms with E-state index >= 15 is 0 Å². The Morgan fingerprint density at radius 3 is 2.09 bits per heavy atom. The van der Waals surface area contributed by atoms with Crippen LogP contribution in [0.4, 0.5) is 24.5 Å². The molecule has 3 aromatic carbocycles. The Kier molecular flexibility index (Phi) is 7.86. The van der Waals surface area contributed by atoms with Crippen molar-refractivity contribution in [3.8, 4) is 5.75 Å². The molecule has 3 rings (SSSR count). The Labute approximate surface area is 192 Å². The summed E-state index contributed by atoms with van der Waals surface area (Å²) in [5.41, 5.74) is 1.28. The number of ether oxygens (including phenoxy) is 2. The fourth-order valence-electron chi connectivity index (χ4n) is 2.89. The van der Waals surface area contributed by atoms with Crippen LogP contribution in [-0.2, 0) is 20.7 Å². The molecule has 0 fully saturated rings. The van der Waals surface area contributed by atoms with Crippen molar-refractivity contribution in [3.05, 3.63) is 90.0 Å². The summed E-state index contributed by atoms with van der Waals surface area (Å²) in [7, 11) is 0. The maximum atomic E-state index is 12.5. The second kappa shape index (κ2) is 11.0. The minimum absolute atomic E-state index is 0.0605. The number of hydrogen-bond acceptors (Lipinski definition) is 5. The molecule has 0 radical (unpaired) electrons. The van der Waals surface area contributed by atoms with E-state index in [0.717, 1.165) is 17.7 Å². The van der Waals surface area contributed by atoms with Gasteiger partial charge >= 0.3 is 12.3 Å². The van der Waals surface area contributed by atoms with Crippen LogP contribution in [0.1, 0.15) is 15.9 Å². The van der Waals surface area contributed by atoms with Crippen molar-refractivity contribution < 1.29 is 37.0 Å². The topological polar surface area (TPSA) is 93.7 Å². The van der Waals surface area contributed by atoms with Crippen LogP contribution in [0.3, 0.4) is 0 Å². The number of halogens is 3. The molecule has 2 amide bonds. The zero-order valence-electron chi connectivity index (χ0n) is 17.6. The van der Waals surface area contributed by atoms with Gasteiger partial charge in [0.2, 0.25) is 5.91 Å². The summed E-state index contributed by atoms with van der Waals surface area (Å²) in [5, 5.41) is 5.05. The highest BCUT2D eigenvalue weighted by atomic mass is 19.4. The Bertz CT molecular complexity index is 1150. The molecule has 7 nitrogen and oxygen atoms in total. The van der Waals surface area contributed by atoms with Gasteiger partial charge in [0, 0.05) is 5.69 Å². The van der Waals surface area contributed by atoms with Crippen LogP contribution in [0, 0.1) is 0 Å². The normalized spacial score (nSPS) is 10.8. The van der Waals surface area contributed by atoms with Crippen molar-refractivity contribution in [3.63, 3.8) is 0 Å². The first-order chi connectivity index (χ1) is 16.2. The first kappa shape index (κ1) is 24.3. The van der Waals surface area contributed by atoms with Gasteiger partial charge < -0.3 is 20.1 Å². The predicted octanol–water partition coefficient (Wildman–Crippen LogP) is 4.56. The second-order valence-corrected chi connectivity index (χ2v) is 6.95. The lowest BCUT2D eigenvalue weighted by atomic mass is 10.1. The average Bonchev–Trinajstić information content (AvgIpc) is 2.79. The van der Waals surface area contributed by atoms with E-state index in [1.54, 1.807) is 24.3 Å². The van der Waals surface area contributed by atoms with Gasteiger partial charge in [-0.05, 0) is 42.0 Å². The number of para-hydroxylation sites is 1. The van der Waals surface area contributed by atoms with Crippen LogP contribution in [0.2, 0.25) is 0 Å². The monoisotopic (exact) mass is 472 g/mol. The smallest absolute Gasteiger partial charge is 0.452 e. The SMILES string of the molecule is O=C(COC(=O)c1ccccc1NC(=O)Cc1ccccc1)Nc1ccc(OC(F)(F)F)cc1. The molecule has 0 spiro atoms. The van der Waals surface area contributed by atoms with Gasteiger partial charge in [0.05, 0.1) is 17.7 Å². The van der Waals surface area contributed by atoms with Gasteiger partial charge in [-0.2, -0.15) is 0 Å². The number of anilines is 2. The van der Waals surface area contributed by atoms with Gasteiger partial charge in [-0.25, -0.2) is 4.79 Å². The summed E-state index contributed by atoms with van der Waals surface area (Å²) < 4.78 is 45.4. The number of rotatable bonds is 8. The van der Waals surface area contributed by atoms with Crippen LogP contribution in [-0.4, -0.2) is 30.8 Å². The molecule has 0 aromatic heterocycles. The predicted molar refractivity (Wildman–Crippen MR) is 117 cm³/mol. The molecule has 0 saturated carbocycles. The van der Waals surface area contributed by atoms with E-state index in [0.29, 0.717) is 0 Å². The van der Waals surface area contributed by atoms with Crippen molar-refractivity contribution >= 4 is 29.2 Å². The Balaban J connectivity index is 1.53. The van der Waals surface area contributed by atoms with Gasteiger partial charge in [-0.15, -0.1) is 13.2 Å². The van der Waals surface area contributed by atoms with Crippen LogP contribution < -0.4 is 15.4 Å². The van der Waals surface area contributed by atoms with E-state index in [2.05, 4.69) is 15.4 Å². The highest BCUT2D eigenvalue weighted by Crippen LogP contribution is 2.24. The number of hydrogen-bond donors (Lipinski definition) is 2. The van der Waals surface area contributed by atoms with E-state index in [1.165, 1.54) is 24.3 Å². The summed E-state index contributed by atoms with van der Waals surface area (Å²) >= 11 is 0. The number of amides is 2. The van der Waals surface area contributed by atoms with Crippen molar-refractivity contribution in [2.45, 2.75) is 12.8 Å². The van der Waals surface area contributed by atoms with Crippen LogP contribution >= 0.6 is 0 Å². The van der Waals surface area contributed by atoms with Crippen molar-refractivity contribution in [1.82, 2.24) is 0 Å². The molecule has 0 aliphatic carbocycles. The summed E-state index contributed by atoms with van der Waals surface area (Å²) in [6.45, 7) is -0.647. The number of esters is 1. The number of nitrogens with one attached hydrogen (secondary N) is 2. The molecule has 0 saturated heterocycles. The fourth-order valence-corrected chi connectivity index (χ4v) is 2.89. The van der Waals surface area contributed by atoms with E-state index in [4.69, 9.17) is 4.74 Å². The molecule has 0 aliphatic rings. The highest BCUT2D eigenvalue weighted by molar-refractivity contribution is 6.02. The average molecular weight is 472 g/mol. The zero-order valence-corrected chi connectivity index (χ0v) is 17.6. The summed E-state index contributed by atoms with van der Waals surface area (Å²) in [6, 6.07) is 19.7. The lowest BCUT2D eigenvalue weighted by molar-refractivity contribution is -0.274. The highest BCUT2D eigenvalue weighted by Gasteiger charge is 2.31. The first-order valence-corrected chi connectivity index (χ1v) is 9.95. The number of benzene rings is 3. The standard InChI is InChI=1S/C24H19F3N2O5/c25-24(26,27)34-18-12-10-17(11-13-18)28-22(31)15-33-23(32)19-8-4-5-9-20(19)29-21(30)14-16-6-2-1-3-7-16/h1-13H,14-15H2,(H,28,31)(H,29,30). The quantitative estimate of drug-likeness (QED) is 0.469. The lowest BCUT2D eigenvalue weighted by Gasteiger charge is -2.12. The van der Waals surface area contributed by atoms with Crippen molar-refractivity contribution in [2.75, 3.05) is 17.2 Å². The second-order valence-electron chi connectivity index (χ2n) is 6.95. The third kappa shape index (κ3) is 7.66. The molecule has 2 N–H and O–H groups in total. The fraction of sp³-hybridized carbons (Fsp3) is 0.125. The van der Waals surface area contributed by atoms with Gasteiger partial charge in [0.25, 0.3) is 5.91 Å². The summed E-state index contributed by atoms with van der Waals surface area (Å²) in [4.78, 5) is 36.8. The van der Waals surface area contributed by atoms with Crippen molar-refractivity contribution in [2.24, 2.45) is 0 Å². The molecule has 0 bridgehead atoms. The van der Waals surface area contributed by atoms with Gasteiger partial charge in [-0.1, -0.05) is 42.5 Å². The minimum Gasteiger partial charge on any atom is -0.452 e. The van der Waals surface area contributed by atoms with Crippen LogP contribution in [0.5, 0.6) is 5.75 Å². The Morgan fingerprint density at radius 1 is 0.765 bits per heavy atom. The van der Waals surface area contributed by atoms with E-state index in [1.807, 2.05) is 18.2 Å². The van der Waals surface area contributed by atoms with E-state index < -0.39 is 30.6 Å². The summed E-state index contributed by atoms with van der Waals surface area (Å²) in [6.07, 6.45) is -4.71. The molecule has 0 atom stereocenters. The van der Waals surface area contributed by atoms with E-state index in [-0.39, 0.29) is 29.3 Å². The molecule has 3 aromatic rings. The van der Waals surface area contributed by atoms with E-state index in [9.17, 15) is 27.6 Å². The maximum Gasteiger partial charge on any atom is 0.573 e.